The molecule has 1 spiro atoms. The maximum absolute atomic E-state index is 14.2. The third-order valence-electron chi connectivity index (χ3n) is 9.22. The average molecular weight is 538 g/mol. The van der Waals surface area contributed by atoms with Gasteiger partial charge in [0.15, 0.2) is 0 Å². The van der Waals surface area contributed by atoms with E-state index in [0.717, 1.165) is 24.5 Å². The van der Waals surface area contributed by atoms with Crippen molar-refractivity contribution in [2.45, 2.75) is 56.5 Å². The van der Waals surface area contributed by atoms with Gasteiger partial charge in [0.25, 0.3) is 5.91 Å². The Hall–Kier alpha value is -3.24. The topological polar surface area (TPSA) is 63.5 Å². The summed E-state index contributed by atoms with van der Waals surface area (Å²) in [5.74, 6) is 0.403. The molecule has 3 heterocycles. The summed E-state index contributed by atoms with van der Waals surface area (Å²) in [5, 5.41) is 8.44. The number of methoxy groups -OCH3 is 1. The SMILES string of the molecule is CO[C@H]1C[C@](c2cccc(N3Cc4c(cc(CN5CC6(CC6)C5)cc4C(F)(F)F)C3=O)c2)(c2nncn2C)C1. The average Bonchev–Trinajstić information content (AvgIpc) is 3.43. The number of benzene rings is 2. The van der Waals surface area contributed by atoms with Gasteiger partial charge in [-0.3, -0.25) is 9.69 Å². The molecule has 1 amide bonds. The van der Waals surface area contributed by atoms with Crippen LogP contribution in [0.5, 0.6) is 0 Å². The molecule has 1 saturated heterocycles. The minimum atomic E-state index is -4.54. The molecule has 3 aromatic rings. The highest BCUT2D eigenvalue weighted by Gasteiger charge is 2.52. The van der Waals surface area contributed by atoms with Crippen LogP contribution in [0.15, 0.2) is 42.7 Å². The van der Waals surface area contributed by atoms with Gasteiger partial charge in [-0.25, -0.2) is 0 Å². The summed E-state index contributed by atoms with van der Waals surface area (Å²) in [6.07, 6.45) is 0.997. The van der Waals surface area contributed by atoms with E-state index in [1.165, 1.54) is 23.8 Å². The molecular weight excluding hydrogens is 507 g/mol. The summed E-state index contributed by atoms with van der Waals surface area (Å²) in [5.41, 5.74) is 1.52. The van der Waals surface area contributed by atoms with E-state index in [1.54, 1.807) is 25.6 Å². The molecule has 2 saturated carbocycles. The molecular formula is C29H30F3N5O2. The summed E-state index contributed by atoms with van der Waals surface area (Å²) in [4.78, 5) is 17.3. The van der Waals surface area contributed by atoms with E-state index < -0.39 is 23.1 Å². The summed E-state index contributed by atoms with van der Waals surface area (Å²) < 4.78 is 50.1. The van der Waals surface area contributed by atoms with Gasteiger partial charge in [-0.2, -0.15) is 13.2 Å². The van der Waals surface area contributed by atoms with Gasteiger partial charge in [-0.05, 0) is 72.1 Å². The zero-order valence-corrected chi connectivity index (χ0v) is 22.0. The maximum atomic E-state index is 14.2. The Labute approximate surface area is 224 Å². The fourth-order valence-electron chi connectivity index (χ4n) is 6.91. The molecule has 39 heavy (non-hydrogen) atoms. The summed E-state index contributed by atoms with van der Waals surface area (Å²) in [7, 11) is 3.57. The quantitative estimate of drug-likeness (QED) is 0.457. The second-order valence-electron chi connectivity index (χ2n) is 11.9. The van der Waals surface area contributed by atoms with Crippen LogP contribution < -0.4 is 4.90 Å². The van der Waals surface area contributed by atoms with Gasteiger partial charge in [0, 0.05) is 45.0 Å². The Bertz CT molecular complexity index is 1460. The zero-order chi connectivity index (χ0) is 27.2. The predicted molar refractivity (Wildman–Crippen MR) is 137 cm³/mol. The third-order valence-corrected chi connectivity index (χ3v) is 9.22. The Morgan fingerprint density at radius 1 is 1.13 bits per heavy atom. The Morgan fingerprint density at radius 2 is 1.90 bits per heavy atom. The number of aromatic nitrogens is 3. The van der Waals surface area contributed by atoms with E-state index in [0.29, 0.717) is 36.1 Å². The van der Waals surface area contributed by atoms with Crippen molar-refractivity contribution in [2.24, 2.45) is 12.5 Å². The van der Waals surface area contributed by atoms with Crippen LogP contribution in [0.25, 0.3) is 0 Å². The van der Waals surface area contributed by atoms with Crippen molar-refractivity contribution in [3.05, 3.63) is 76.4 Å². The largest absolute Gasteiger partial charge is 0.416 e. The molecule has 0 unspecified atom stereocenters. The number of anilines is 1. The number of ether oxygens (including phenoxy) is 1. The fourth-order valence-corrected chi connectivity index (χ4v) is 6.91. The number of rotatable bonds is 6. The monoisotopic (exact) mass is 537 g/mol. The highest BCUT2D eigenvalue weighted by atomic mass is 19.4. The van der Waals surface area contributed by atoms with Gasteiger partial charge in [0.05, 0.1) is 23.6 Å². The van der Waals surface area contributed by atoms with Crippen LogP contribution in [0, 0.1) is 5.41 Å². The molecule has 0 N–H and O–H groups in total. The van der Waals surface area contributed by atoms with Gasteiger partial charge in [-0.15, -0.1) is 10.2 Å². The van der Waals surface area contributed by atoms with Crippen molar-refractivity contribution in [3.63, 3.8) is 0 Å². The van der Waals surface area contributed by atoms with Gasteiger partial charge in [0.2, 0.25) is 0 Å². The molecule has 1 aromatic heterocycles. The van der Waals surface area contributed by atoms with Crippen LogP contribution in [-0.4, -0.2) is 51.9 Å². The predicted octanol–water partition coefficient (Wildman–Crippen LogP) is 4.69. The van der Waals surface area contributed by atoms with Crippen LogP contribution in [0.1, 0.15) is 64.1 Å². The van der Waals surface area contributed by atoms with Gasteiger partial charge < -0.3 is 14.2 Å². The number of hydrogen-bond acceptors (Lipinski definition) is 5. The van der Waals surface area contributed by atoms with E-state index >= 15 is 0 Å². The Kier molecular flexibility index (Phi) is 5.32. The van der Waals surface area contributed by atoms with E-state index in [1.807, 2.05) is 29.8 Å². The van der Waals surface area contributed by atoms with Crippen LogP contribution in [0.2, 0.25) is 0 Å². The Morgan fingerprint density at radius 3 is 2.54 bits per heavy atom. The second kappa shape index (κ2) is 8.38. The summed E-state index contributed by atoms with van der Waals surface area (Å²) in [6.45, 7) is 2.17. The first-order valence-electron chi connectivity index (χ1n) is 13.4. The molecule has 0 bridgehead atoms. The van der Waals surface area contributed by atoms with Crippen molar-refractivity contribution in [3.8, 4) is 0 Å². The minimum Gasteiger partial charge on any atom is -0.381 e. The lowest BCUT2D eigenvalue weighted by atomic mass is 9.62. The highest BCUT2D eigenvalue weighted by Crippen LogP contribution is 2.53. The molecule has 2 aliphatic heterocycles. The lowest BCUT2D eigenvalue weighted by Crippen LogP contribution is -2.48. The third kappa shape index (κ3) is 3.90. The van der Waals surface area contributed by atoms with Crippen molar-refractivity contribution in [1.82, 2.24) is 19.7 Å². The van der Waals surface area contributed by atoms with Gasteiger partial charge >= 0.3 is 6.18 Å². The maximum Gasteiger partial charge on any atom is 0.416 e. The van der Waals surface area contributed by atoms with Crippen LogP contribution in [-0.2, 0) is 36.5 Å². The number of nitrogens with zero attached hydrogens (tertiary/aromatic N) is 5. The number of halogens is 3. The molecule has 2 aromatic carbocycles. The van der Waals surface area contributed by atoms with E-state index in [2.05, 4.69) is 15.1 Å². The van der Waals surface area contributed by atoms with Crippen LogP contribution >= 0.6 is 0 Å². The molecule has 7 nitrogen and oxygen atoms in total. The standard InChI is InChI=1S/C29H30F3N5O2/c1-35-17-33-34-26(35)28(11-21(12-28)39-2)19-4-3-5-20(10-19)37-14-23-22(25(37)38)8-18(9-24(23)29(30,31)32)13-36-15-27(16-36)6-7-27/h3-5,8-10,17,21H,6-7,11-16H2,1-2H3/t21-,28-. The first-order valence-corrected chi connectivity index (χ1v) is 13.4. The molecule has 7 rings (SSSR count). The lowest BCUT2D eigenvalue weighted by molar-refractivity contribution is -0.138. The highest BCUT2D eigenvalue weighted by molar-refractivity contribution is 6.10. The van der Waals surface area contributed by atoms with Crippen molar-refractivity contribution in [2.75, 3.05) is 25.1 Å². The van der Waals surface area contributed by atoms with Crippen LogP contribution in [0.4, 0.5) is 18.9 Å². The van der Waals surface area contributed by atoms with E-state index in [-0.39, 0.29) is 23.8 Å². The second-order valence-corrected chi connectivity index (χ2v) is 11.9. The molecule has 4 aliphatic rings. The minimum absolute atomic E-state index is 0.0510. The van der Waals surface area contributed by atoms with E-state index in [9.17, 15) is 18.0 Å². The van der Waals surface area contributed by atoms with Crippen molar-refractivity contribution in [1.29, 1.82) is 0 Å². The van der Waals surface area contributed by atoms with Gasteiger partial charge in [0.1, 0.15) is 12.2 Å². The number of carbonyl (C=O) groups is 1. The van der Waals surface area contributed by atoms with E-state index in [4.69, 9.17) is 4.74 Å². The smallest absolute Gasteiger partial charge is 0.381 e. The Balaban J connectivity index is 1.22. The van der Waals surface area contributed by atoms with Crippen molar-refractivity contribution < 1.29 is 22.7 Å². The molecule has 3 fully saturated rings. The molecule has 2 aliphatic carbocycles. The summed E-state index contributed by atoms with van der Waals surface area (Å²) >= 11 is 0. The number of hydrogen-bond donors (Lipinski definition) is 0. The number of alkyl halides is 3. The first-order chi connectivity index (χ1) is 18.6. The number of likely N-dealkylation sites (tertiary alicyclic amines) is 1. The zero-order valence-electron chi connectivity index (χ0n) is 22.0. The number of amides is 1. The van der Waals surface area contributed by atoms with Crippen molar-refractivity contribution >= 4 is 11.6 Å². The van der Waals surface area contributed by atoms with Gasteiger partial charge in [-0.1, -0.05) is 12.1 Å². The molecule has 204 valence electrons. The number of aryl methyl sites for hydroxylation is 1. The molecule has 10 heteroatoms. The number of carbonyl (C=O) groups excluding carboxylic acids is 1. The van der Waals surface area contributed by atoms with Crippen LogP contribution in [0.3, 0.4) is 0 Å². The normalized spacial score (nSPS) is 25.5. The lowest BCUT2D eigenvalue weighted by Gasteiger charge is -2.46. The molecule has 0 atom stereocenters. The first kappa shape index (κ1) is 24.8. The summed E-state index contributed by atoms with van der Waals surface area (Å²) in [6, 6.07) is 10.4. The fraction of sp³-hybridized carbons (Fsp3) is 0.483. The molecule has 0 radical (unpaired) electrons. The number of fused-ring (bicyclic) bond motifs is 1.